The highest BCUT2D eigenvalue weighted by molar-refractivity contribution is 5.86. The Bertz CT molecular complexity index is 1780. The maximum absolute atomic E-state index is 6.11. The van der Waals surface area contributed by atoms with Gasteiger partial charge >= 0.3 is 0 Å². The second-order valence-corrected chi connectivity index (χ2v) is 9.63. The lowest BCUT2D eigenvalue weighted by Crippen LogP contribution is -2.02. The van der Waals surface area contributed by atoms with Crippen LogP contribution in [0.4, 0.5) is 5.82 Å². The smallest absolute Gasteiger partial charge is 0.150 e. The highest BCUT2D eigenvalue weighted by atomic mass is 16.5. The van der Waals surface area contributed by atoms with E-state index in [2.05, 4.69) is 69.6 Å². The number of benzene rings is 2. The quantitative estimate of drug-likeness (QED) is 0.298. The molecule has 0 radical (unpaired) electrons. The molecule has 0 saturated carbocycles. The molecule has 0 amide bonds. The minimum atomic E-state index is 0.512. The summed E-state index contributed by atoms with van der Waals surface area (Å²) in [6.45, 7) is 10.4. The highest BCUT2D eigenvalue weighted by Crippen LogP contribution is 2.27. The van der Waals surface area contributed by atoms with E-state index in [4.69, 9.17) is 15.5 Å². The molecule has 6 aromatic rings. The van der Waals surface area contributed by atoms with Crippen molar-refractivity contribution in [3.63, 3.8) is 0 Å². The molecule has 0 aliphatic rings. The van der Waals surface area contributed by atoms with Gasteiger partial charge in [0.25, 0.3) is 0 Å². The molecule has 6 rings (SSSR count). The zero-order chi connectivity index (χ0) is 27.0. The molecule has 4 aromatic heterocycles. The SMILES string of the molecule is CCCc1nc(C)c2c(C)nc3ccccc3n12.CCCc1nc(C)c2c(N)nc3cc(OC)ccc3n12. The number of imidazole rings is 2. The van der Waals surface area contributed by atoms with E-state index in [0.717, 1.165) is 93.3 Å². The lowest BCUT2D eigenvalue weighted by atomic mass is 10.2. The van der Waals surface area contributed by atoms with Crippen molar-refractivity contribution in [3.05, 3.63) is 71.2 Å². The third-order valence-electron chi connectivity index (χ3n) is 6.85. The molecule has 0 spiro atoms. The van der Waals surface area contributed by atoms with E-state index in [1.807, 2.05) is 31.2 Å². The molecule has 2 N–H and O–H groups in total. The summed E-state index contributed by atoms with van der Waals surface area (Å²) in [6, 6.07) is 14.1. The number of hydrogen-bond donors (Lipinski definition) is 1. The van der Waals surface area contributed by atoms with E-state index in [-0.39, 0.29) is 0 Å². The molecule has 0 atom stereocenters. The first-order chi connectivity index (χ1) is 18.4. The molecule has 0 fully saturated rings. The van der Waals surface area contributed by atoms with Gasteiger partial charge in [0, 0.05) is 18.9 Å². The number of aryl methyl sites for hydroxylation is 5. The Labute approximate surface area is 222 Å². The van der Waals surface area contributed by atoms with Crippen LogP contribution in [-0.2, 0) is 12.8 Å². The van der Waals surface area contributed by atoms with Crippen LogP contribution in [0, 0.1) is 20.8 Å². The maximum Gasteiger partial charge on any atom is 0.150 e. The Kier molecular flexibility index (Phi) is 6.89. The number of methoxy groups -OCH3 is 1. The van der Waals surface area contributed by atoms with Crippen molar-refractivity contribution >= 4 is 38.9 Å². The largest absolute Gasteiger partial charge is 0.497 e. The minimum Gasteiger partial charge on any atom is -0.497 e. The molecular formula is C30H35N7O. The Morgan fingerprint density at radius 3 is 1.95 bits per heavy atom. The van der Waals surface area contributed by atoms with Crippen LogP contribution in [-0.4, -0.2) is 35.8 Å². The molecule has 2 aromatic carbocycles. The van der Waals surface area contributed by atoms with Crippen molar-refractivity contribution in [2.24, 2.45) is 0 Å². The molecule has 0 aliphatic carbocycles. The zero-order valence-corrected chi connectivity index (χ0v) is 23.0. The molecule has 0 aliphatic heterocycles. The van der Waals surface area contributed by atoms with E-state index < -0.39 is 0 Å². The summed E-state index contributed by atoms with van der Waals surface area (Å²) in [6.07, 6.45) is 4.06. The summed E-state index contributed by atoms with van der Waals surface area (Å²) in [5.41, 5.74) is 15.3. The molecule has 0 unspecified atom stereocenters. The third-order valence-corrected chi connectivity index (χ3v) is 6.85. The van der Waals surface area contributed by atoms with Gasteiger partial charge in [-0.1, -0.05) is 26.0 Å². The summed E-state index contributed by atoms with van der Waals surface area (Å²) in [7, 11) is 1.65. The van der Waals surface area contributed by atoms with Crippen LogP contribution in [0.15, 0.2) is 42.5 Å². The number of para-hydroxylation sites is 2. The van der Waals surface area contributed by atoms with Crippen LogP contribution < -0.4 is 10.5 Å². The minimum absolute atomic E-state index is 0.512. The van der Waals surface area contributed by atoms with Gasteiger partial charge in [0.2, 0.25) is 0 Å². The third kappa shape index (κ3) is 4.30. The first-order valence-corrected chi connectivity index (χ1v) is 13.2. The Balaban J connectivity index is 0.000000156. The lowest BCUT2D eigenvalue weighted by Gasteiger charge is -2.09. The molecule has 38 heavy (non-hydrogen) atoms. The zero-order valence-electron chi connectivity index (χ0n) is 23.0. The van der Waals surface area contributed by atoms with E-state index in [1.165, 1.54) is 0 Å². The van der Waals surface area contributed by atoms with Crippen molar-refractivity contribution in [1.82, 2.24) is 28.7 Å². The monoisotopic (exact) mass is 509 g/mol. The van der Waals surface area contributed by atoms with Crippen LogP contribution in [0.1, 0.15) is 55.4 Å². The van der Waals surface area contributed by atoms with Crippen molar-refractivity contribution in [1.29, 1.82) is 0 Å². The number of rotatable bonds is 5. The topological polar surface area (TPSA) is 95.6 Å². The summed E-state index contributed by atoms with van der Waals surface area (Å²) < 4.78 is 9.65. The summed E-state index contributed by atoms with van der Waals surface area (Å²) in [4.78, 5) is 18.5. The number of fused-ring (bicyclic) bond motifs is 6. The van der Waals surface area contributed by atoms with Crippen molar-refractivity contribution < 1.29 is 4.74 Å². The number of nitrogens with two attached hydrogens (primary N) is 1. The average Bonchev–Trinajstić information content (AvgIpc) is 3.42. The van der Waals surface area contributed by atoms with E-state index in [0.29, 0.717) is 5.82 Å². The van der Waals surface area contributed by atoms with Crippen LogP contribution in [0.5, 0.6) is 5.75 Å². The standard InChI is InChI=1S/C15H18N4O.C15H17N3/c1-4-5-13-17-9(2)14-15(16)18-11-8-10(20-3)6-7-12(11)19(13)14;1-4-7-14-17-11(3)15-10(2)16-12-8-5-6-9-13(12)18(14)15/h6-8H,4-5H2,1-3H3,(H2,16,18);5-6,8-9H,4,7H2,1-3H3. The number of anilines is 1. The van der Waals surface area contributed by atoms with Gasteiger partial charge in [-0.25, -0.2) is 19.9 Å². The molecule has 8 heteroatoms. The van der Waals surface area contributed by atoms with Crippen molar-refractivity contribution in [2.45, 2.75) is 60.3 Å². The molecule has 4 heterocycles. The Hall–Kier alpha value is -4.20. The van der Waals surface area contributed by atoms with Crippen LogP contribution >= 0.6 is 0 Å². The number of nitrogen functional groups attached to an aromatic ring is 1. The number of nitrogens with zero attached hydrogens (tertiary/aromatic N) is 6. The van der Waals surface area contributed by atoms with Crippen LogP contribution in [0.25, 0.3) is 33.1 Å². The van der Waals surface area contributed by atoms with E-state index in [1.54, 1.807) is 7.11 Å². The van der Waals surface area contributed by atoms with Gasteiger partial charge in [-0.05, 0) is 57.9 Å². The van der Waals surface area contributed by atoms with Gasteiger partial charge in [-0.3, -0.25) is 8.80 Å². The van der Waals surface area contributed by atoms with Gasteiger partial charge in [0.1, 0.15) is 28.7 Å². The average molecular weight is 510 g/mol. The van der Waals surface area contributed by atoms with Gasteiger partial charge in [0.05, 0.1) is 51.8 Å². The number of ether oxygens (including phenoxy) is 1. The van der Waals surface area contributed by atoms with Crippen molar-refractivity contribution in [3.8, 4) is 5.75 Å². The summed E-state index contributed by atoms with van der Waals surface area (Å²) in [5.74, 6) is 3.46. The maximum atomic E-state index is 6.11. The second-order valence-electron chi connectivity index (χ2n) is 9.63. The predicted octanol–water partition coefficient (Wildman–Crippen LogP) is 6.19. The van der Waals surface area contributed by atoms with Gasteiger partial charge in [-0.15, -0.1) is 0 Å². The van der Waals surface area contributed by atoms with E-state index >= 15 is 0 Å². The van der Waals surface area contributed by atoms with Crippen LogP contribution in [0.3, 0.4) is 0 Å². The molecule has 0 saturated heterocycles. The fourth-order valence-electron chi connectivity index (χ4n) is 5.27. The lowest BCUT2D eigenvalue weighted by molar-refractivity contribution is 0.415. The van der Waals surface area contributed by atoms with Crippen LogP contribution in [0.2, 0.25) is 0 Å². The number of aromatic nitrogens is 6. The predicted molar refractivity (Wildman–Crippen MR) is 154 cm³/mol. The van der Waals surface area contributed by atoms with Crippen molar-refractivity contribution in [2.75, 3.05) is 12.8 Å². The van der Waals surface area contributed by atoms with E-state index in [9.17, 15) is 0 Å². The fraction of sp³-hybridized carbons (Fsp3) is 0.333. The highest BCUT2D eigenvalue weighted by Gasteiger charge is 2.15. The number of hydrogen-bond acceptors (Lipinski definition) is 6. The van der Waals surface area contributed by atoms with Gasteiger partial charge in [0.15, 0.2) is 0 Å². The second kappa shape index (κ2) is 10.3. The van der Waals surface area contributed by atoms with Gasteiger partial charge < -0.3 is 10.5 Å². The summed E-state index contributed by atoms with van der Waals surface area (Å²) >= 11 is 0. The van der Waals surface area contributed by atoms with Gasteiger partial charge in [-0.2, -0.15) is 0 Å². The Morgan fingerprint density at radius 1 is 0.711 bits per heavy atom. The molecule has 8 nitrogen and oxygen atoms in total. The molecule has 196 valence electrons. The fourth-order valence-corrected chi connectivity index (χ4v) is 5.27. The molecular weight excluding hydrogens is 474 g/mol. The molecule has 0 bridgehead atoms. The summed E-state index contributed by atoms with van der Waals surface area (Å²) in [5, 5.41) is 0. The first-order valence-electron chi connectivity index (χ1n) is 13.2. The normalized spacial score (nSPS) is 11.4. The Morgan fingerprint density at radius 2 is 1.29 bits per heavy atom. The first kappa shape index (κ1) is 25.4.